The van der Waals surface area contributed by atoms with Crippen molar-refractivity contribution in [2.24, 2.45) is 0 Å². The second-order valence-electron chi connectivity index (χ2n) is 5.73. The molecular weight excluding hydrogens is 262 g/mol. The van der Waals surface area contributed by atoms with Crippen molar-refractivity contribution < 1.29 is 0 Å². The molecule has 0 aromatic carbocycles. The van der Waals surface area contributed by atoms with Crippen molar-refractivity contribution in [2.75, 3.05) is 19.6 Å². The van der Waals surface area contributed by atoms with Crippen molar-refractivity contribution >= 4 is 0 Å². The molecule has 0 spiro atoms. The molecule has 0 atom stereocenters. The van der Waals surface area contributed by atoms with Crippen LogP contribution >= 0.6 is 0 Å². The Morgan fingerprint density at radius 3 is 1.57 bits per heavy atom. The number of nitrogens with zero attached hydrogens (tertiary/aromatic N) is 5. The van der Waals surface area contributed by atoms with Crippen LogP contribution in [0.5, 0.6) is 0 Å². The predicted molar refractivity (Wildman–Crippen MR) is 85.5 cm³/mol. The Hall–Kier alpha value is -1.62. The minimum Gasteiger partial charge on any atom is -0.300 e. The highest BCUT2D eigenvalue weighted by Gasteiger charge is 2.07. The van der Waals surface area contributed by atoms with Gasteiger partial charge in [0.1, 0.15) is 0 Å². The third kappa shape index (κ3) is 4.17. The summed E-state index contributed by atoms with van der Waals surface area (Å²) in [6.45, 7) is 15.5. The van der Waals surface area contributed by atoms with Crippen molar-refractivity contribution in [1.82, 2.24) is 24.5 Å². The molecule has 0 radical (unpaired) electrons. The fourth-order valence-electron chi connectivity index (χ4n) is 2.70. The Morgan fingerprint density at radius 1 is 0.857 bits per heavy atom. The van der Waals surface area contributed by atoms with E-state index in [0.29, 0.717) is 0 Å². The second-order valence-corrected chi connectivity index (χ2v) is 5.73. The topological polar surface area (TPSA) is 38.9 Å². The van der Waals surface area contributed by atoms with Crippen LogP contribution in [-0.2, 0) is 13.1 Å². The fraction of sp³-hybridized carbons (Fsp3) is 0.625. The summed E-state index contributed by atoms with van der Waals surface area (Å²) in [7, 11) is 0. The molecule has 5 heteroatoms. The molecule has 0 bridgehead atoms. The first kappa shape index (κ1) is 15.8. The maximum absolute atomic E-state index is 4.52. The lowest BCUT2D eigenvalue weighted by molar-refractivity contribution is 0.255. The van der Waals surface area contributed by atoms with Gasteiger partial charge in [0.2, 0.25) is 0 Å². The van der Waals surface area contributed by atoms with E-state index in [-0.39, 0.29) is 0 Å². The van der Waals surface area contributed by atoms with Gasteiger partial charge in [0.05, 0.1) is 24.5 Å². The van der Waals surface area contributed by atoms with E-state index in [1.54, 1.807) is 0 Å². The molecule has 0 aliphatic carbocycles. The minimum atomic E-state index is 0.949. The summed E-state index contributed by atoms with van der Waals surface area (Å²) < 4.78 is 4.20. The number of aryl methyl sites for hydroxylation is 4. The molecule has 2 heterocycles. The zero-order valence-electron chi connectivity index (χ0n) is 13.9. The third-order valence-corrected chi connectivity index (χ3v) is 3.91. The lowest BCUT2D eigenvalue weighted by atomic mass is 10.4. The van der Waals surface area contributed by atoms with Crippen LogP contribution in [0.3, 0.4) is 0 Å². The second kappa shape index (κ2) is 6.89. The van der Waals surface area contributed by atoms with Gasteiger partial charge in [-0.25, -0.2) is 0 Å². The molecule has 2 rings (SSSR count). The van der Waals surface area contributed by atoms with E-state index in [9.17, 15) is 0 Å². The van der Waals surface area contributed by atoms with Gasteiger partial charge >= 0.3 is 0 Å². The first-order valence-electron chi connectivity index (χ1n) is 7.74. The van der Waals surface area contributed by atoms with E-state index >= 15 is 0 Å². The van der Waals surface area contributed by atoms with Gasteiger partial charge in [0.25, 0.3) is 0 Å². The summed E-state index contributed by atoms with van der Waals surface area (Å²) in [6, 6.07) is 4.26. The Balaban J connectivity index is 1.86. The molecule has 0 aliphatic heterocycles. The minimum absolute atomic E-state index is 0.949. The number of aromatic nitrogens is 4. The number of hydrogen-bond donors (Lipinski definition) is 0. The van der Waals surface area contributed by atoms with Gasteiger partial charge in [-0.1, -0.05) is 6.92 Å². The smallest absolute Gasteiger partial charge is 0.0596 e. The van der Waals surface area contributed by atoms with Gasteiger partial charge in [-0.05, 0) is 46.4 Å². The standard InChI is InChI=1S/C16H27N5/c1-6-19(7-9-20-15(4)11-13(2)17-20)8-10-21-16(5)12-14(3)18-21/h11-12H,6-10H2,1-5H3. The van der Waals surface area contributed by atoms with E-state index in [0.717, 1.165) is 44.1 Å². The first-order chi connectivity index (χ1) is 9.99. The van der Waals surface area contributed by atoms with Crippen LogP contribution < -0.4 is 0 Å². The van der Waals surface area contributed by atoms with Crippen molar-refractivity contribution in [3.05, 3.63) is 34.9 Å². The van der Waals surface area contributed by atoms with Gasteiger partial charge in [0.15, 0.2) is 0 Å². The molecule has 0 saturated heterocycles. The lowest BCUT2D eigenvalue weighted by Gasteiger charge is -2.21. The molecule has 0 fully saturated rings. The molecule has 2 aromatic rings. The lowest BCUT2D eigenvalue weighted by Crippen LogP contribution is -2.31. The van der Waals surface area contributed by atoms with Crippen molar-refractivity contribution in [3.63, 3.8) is 0 Å². The van der Waals surface area contributed by atoms with E-state index < -0.39 is 0 Å². The summed E-state index contributed by atoms with van der Waals surface area (Å²) in [5.41, 5.74) is 4.67. The molecule has 0 N–H and O–H groups in total. The first-order valence-corrected chi connectivity index (χ1v) is 7.74. The van der Waals surface area contributed by atoms with Crippen LogP contribution in [0.2, 0.25) is 0 Å². The average Bonchev–Trinajstić information content (AvgIpc) is 2.91. The highest BCUT2D eigenvalue weighted by molar-refractivity contribution is 5.07. The largest absolute Gasteiger partial charge is 0.300 e. The summed E-state index contributed by atoms with van der Waals surface area (Å²) in [5, 5.41) is 9.05. The molecule has 21 heavy (non-hydrogen) atoms. The molecular formula is C16H27N5. The van der Waals surface area contributed by atoms with Crippen molar-refractivity contribution in [1.29, 1.82) is 0 Å². The summed E-state index contributed by atoms with van der Waals surface area (Å²) in [4.78, 5) is 2.45. The van der Waals surface area contributed by atoms with Crippen LogP contribution in [-0.4, -0.2) is 44.1 Å². The monoisotopic (exact) mass is 289 g/mol. The number of likely N-dealkylation sites (N-methyl/N-ethyl adjacent to an activating group) is 1. The van der Waals surface area contributed by atoms with E-state index in [4.69, 9.17) is 0 Å². The summed E-state index contributed by atoms with van der Waals surface area (Å²) in [6.07, 6.45) is 0. The number of hydrogen-bond acceptors (Lipinski definition) is 3. The van der Waals surface area contributed by atoms with Crippen LogP contribution in [0.15, 0.2) is 12.1 Å². The maximum atomic E-state index is 4.52. The van der Waals surface area contributed by atoms with Gasteiger partial charge in [0, 0.05) is 24.5 Å². The van der Waals surface area contributed by atoms with Gasteiger partial charge < -0.3 is 0 Å². The van der Waals surface area contributed by atoms with Crippen molar-refractivity contribution in [2.45, 2.75) is 47.7 Å². The normalized spacial score (nSPS) is 11.5. The maximum Gasteiger partial charge on any atom is 0.0596 e. The molecule has 0 amide bonds. The van der Waals surface area contributed by atoms with Gasteiger partial charge in [-0.15, -0.1) is 0 Å². The molecule has 0 unspecified atom stereocenters. The Labute approximate surface area is 127 Å². The zero-order valence-corrected chi connectivity index (χ0v) is 13.9. The molecule has 0 aliphatic rings. The Morgan fingerprint density at radius 2 is 1.29 bits per heavy atom. The number of rotatable bonds is 7. The Kier molecular flexibility index (Phi) is 5.17. The highest BCUT2D eigenvalue weighted by Crippen LogP contribution is 2.04. The van der Waals surface area contributed by atoms with E-state index in [2.05, 4.69) is 57.4 Å². The van der Waals surface area contributed by atoms with Gasteiger partial charge in [-0.2, -0.15) is 10.2 Å². The quantitative estimate of drug-likeness (QED) is 0.785. The van der Waals surface area contributed by atoms with Crippen LogP contribution in [0, 0.1) is 27.7 Å². The van der Waals surface area contributed by atoms with Crippen LogP contribution in [0.25, 0.3) is 0 Å². The van der Waals surface area contributed by atoms with E-state index in [1.807, 2.05) is 13.8 Å². The predicted octanol–water partition coefficient (Wildman–Crippen LogP) is 2.34. The van der Waals surface area contributed by atoms with Crippen molar-refractivity contribution in [3.8, 4) is 0 Å². The molecule has 2 aromatic heterocycles. The van der Waals surface area contributed by atoms with Gasteiger partial charge in [-0.3, -0.25) is 14.3 Å². The van der Waals surface area contributed by atoms with Crippen LogP contribution in [0.4, 0.5) is 0 Å². The molecule has 116 valence electrons. The summed E-state index contributed by atoms with van der Waals surface area (Å²) >= 11 is 0. The third-order valence-electron chi connectivity index (χ3n) is 3.91. The average molecular weight is 289 g/mol. The zero-order chi connectivity index (χ0) is 15.4. The molecule has 5 nitrogen and oxygen atoms in total. The van der Waals surface area contributed by atoms with Crippen LogP contribution in [0.1, 0.15) is 29.7 Å². The summed E-state index contributed by atoms with van der Waals surface area (Å²) in [5.74, 6) is 0. The Bertz CT molecular complexity index is 531. The highest BCUT2D eigenvalue weighted by atomic mass is 15.3. The molecule has 0 saturated carbocycles. The van der Waals surface area contributed by atoms with E-state index in [1.165, 1.54) is 11.4 Å². The fourth-order valence-corrected chi connectivity index (χ4v) is 2.70. The SMILES string of the molecule is CCN(CCn1nc(C)cc1C)CCn1nc(C)cc1C.